The van der Waals surface area contributed by atoms with E-state index in [4.69, 9.17) is 11.6 Å². The molecule has 3 rings (SSSR count). The molecule has 0 saturated carbocycles. The Balaban J connectivity index is 1.88. The number of sulfonamides is 1. The van der Waals surface area contributed by atoms with Crippen molar-refractivity contribution in [3.8, 4) is 0 Å². The molecule has 1 aliphatic heterocycles. The zero-order chi connectivity index (χ0) is 18.7. The molecule has 5 nitrogen and oxygen atoms in total. The second-order valence-electron chi connectivity index (χ2n) is 6.07. The summed E-state index contributed by atoms with van der Waals surface area (Å²) < 4.78 is 40.2. The zero-order valence-electron chi connectivity index (χ0n) is 13.9. The van der Waals surface area contributed by atoms with Crippen LogP contribution in [0.1, 0.15) is 29.6 Å². The summed E-state index contributed by atoms with van der Waals surface area (Å²) in [5.41, 5.74) is 0.282. The number of piperidine rings is 1. The molecule has 0 bridgehead atoms. The molecular formula is C18H18ClFN2O3S. The van der Waals surface area contributed by atoms with Crippen LogP contribution in [0.15, 0.2) is 47.4 Å². The maximum Gasteiger partial charge on any atom is 0.257 e. The lowest BCUT2D eigenvalue weighted by molar-refractivity contribution is 0.102. The summed E-state index contributed by atoms with van der Waals surface area (Å²) in [4.78, 5) is 12.5. The fourth-order valence-corrected chi connectivity index (χ4v) is 4.61. The molecule has 1 amide bonds. The van der Waals surface area contributed by atoms with E-state index in [9.17, 15) is 17.6 Å². The van der Waals surface area contributed by atoms with Crippen molar-refractivity contribution in [1.29, 1.82) is 0 Å². The monoisotopic (exact) mass is 396 g/mol. The van der Waals surface area contributed by atoms with E-state index in [0.717, 1.165) is 19.3 Å². The summed E-state index contributed by atoms with van der Waals surface area (Å²) in [5, 5.41) is 2.65. The molecule has 0 atom stereocenters. The lowest BCUT2D eigenvalue weighted by Crippen LogP contribution is -2.35. The Labute approximate surface area is 156 Å². The number of benzene rings is 2. The Morgan fingerprint density at radius 3 is 2.50 bits per heavy atom. The van der Waals surface area contributed by atoms with Gasteiger partial charge in [-0.1, -0.05) is 24.1 Å². The highest BCUT2D eigenvalue weighted by Crippen LogP contribution is 2.26. The molecule has 0 aliphatic carbocycles. The van der Waals surface area contributed by atoms with Crippen molar-refractivity contribution in [3.63, 3.8) is 0 Å². The second kappa shape index (κ2) is 7.73. The lowest BCUT2D eigenvalue weighted by Gasteiger charge is -2.26. The first kappa shape index (κ1) is 18.8. The molecule has 1 aliphatic rings. The Bertz CT molecular complexity index is 928. The molecule has 8 heteroatoms. The first-order valence-electron chi connectivity index (χ1n) is 8.24. The lowest BCUT2D eigenvalue weighted by atomic mass is 10.2. The first-order valence-corrected chi connectivity index (χ1v) is 10.1. The van der Waals surface area contributed by atoms with Crippen molar-refractivity contribution in [3.05, 3.63) is 58.9 Å². The molecule has 2 aromatic carbocycles. The van der Waals surface area contributed by atoms with Gasteiger partial charge in [0, 0.05) is 18.8 Å². The highest BCUT2D eigenvalue weighted by molar-refractivity contribution is 7.89. The molecule has 138 valence electrons. The number of anilines is 1. The van der Waals surface area contributed by atoms with Crippen molar-refractivity contribution >= 4 is 33.2 Å². The van der Waals surface area contributed by atoms with Gasteiger partial charge in [-0.05, 0) is 49.2 Å². The summed E-state index contributed by atoms with van der Waals surface area (Å²) in [7, 11) is -3.68. The quantitative estimate of drug-likeness (QED) is 0.852. The van der Waals surface area contributed by atoms with E-state index in [-0.39, 0.29) is 21.2 Å². The molecular weight excluding hydrogens is 379 g/mol. The average Bonchev–Trinajstić information content (AvgIpc) is 2.62. The van der Waals surface area contributed by atoms with E-state index < -0.39 is 21.7 Å². The van der Waals surface area contributed by atoms with Gasteiger partial charge in [0.2, 0.25) is 10.0 Å². The molecule has 1 fully saturated rings. The van der Waals surface area contributed by atoms with Gasteiger partial charge in [0.05, 0.1) is 15.5 Å². The minimum atomic E-state index is -3.68. The van der Waals surface area contributed by atoms with Gasteiger partial charge < -0.3 is 5.32 Å². The number of rotatable bonds is 4. The van der Waals surface area contributed by atoms with Gasteiger partial charge in [0.1, 0.15) is 5.82 Å². The van der Waals surface area contributed by atoms with E-state index in [1.54, 1.807) is 0 Å². The van der Waals surface area contributed by atoms with Crippen LogP contribution in [0.4, 0.5) is 10.1 Å². The van der Waals surface area contributed by atoms with Crippen LogP contribution in [0.25, 0.3) is 0 Å². The van der Waals surface area contributed by atoms with Crippen LogP contribution in [0.2, 0.25) is 5.02 Å². The SMILES string of the molecule is O=C(Nc1cccc(F)c1)c1cc(S(=O)(=O)N2CCCCC2)ccc1Cl. The van der Waals surface area contributed by atoms with Gasteiger partial charge in [-0.15, -0.1) is 0 Å². The van der Waals surface area contributed by atoms with Gasteiger partial charge in [-0.3, -0.25) is 4.79 Å². The first-order chi connectivity index (χ1) is 12.4. The number of hydrogen-bond donors (Lipinski definition) is 1. The minimum Gasteiger partial charge on any atom is -0.322 e. The number of hydrogen-bond acceptors (Lipinski definition) is 3. The van der Waals surface area contributed by atoms with Crippen LogP contribution in [-0.4, -0.2) is 31.7 Å². The number of amides is 1. The van der Waals surface area contributed by atoms with Crippen molar-refractivity contribution < 1.29 is 17.6 Å². The van der Waals surface area contributed by atoms with Gasteiger partial charge in [-0.25, -0.2) is 12.8 Å². The Morgan fingerprint density at radius 2 is 1.81 bits per heavy atom. The van der Waals surface area contributed by atoms with Crippen LogP contribution in [0, 0.1) is 5.82 Å². The van der Waals surface area contributed by atoms with Crippen LogP contribution in [0.3, 0.4) is 0 Å². The normalized spacial score (nSPS) is 15.6. The van der Waals surface area contributed by atoms with E-state index in [0.29, 0.717) is 13.1 Å². The van der Waals surface area contributed by atoms with Crippen molar-refractivity contribution in [2.24, 2.45) is 0 Å². The predicted octanol–water partition coefficient (Wildman–Crippen LogP) is 3.91. The van der Waals surface area contributed by atoms with E-state index >= 15 is 0 Å². The summed E-state index contributed by atoms with van der Waals surface area (Å²) >= 11 is 6.08. The van der Waals surface area contributed by atoms with Gasteiger partial charge in [-0.2, -0.15) is 4.31 Å². The Kier molecular flexibility index (Phi) is 5.60. The molecule has 26 heavy (non-hydrogen) atoms. The van der Waals surface area contributed by atoms with Crippen molar-refractivity contribution in [2.45, 2.75) is 24.2 Å². The topological polar surface area (TPSA) is 66.5 Å². The fourth-order valence-electron chi connectivity index (χ4n) is 2.86. The van der Waals surface area contributed by atoms with Crippen LogP contribution in [-0.2, 0) is 10.0 Å². The molecule has 0 spiro atoms. The van der Waals surface area contributed by atoms with Crippen LogP contribution in [0.5, 0.6) is 0 Å². The van der Waals surface area contributed by atoms with Crippen molar-refractivity contribution in [2.75, 3.05) is 18.4 Å². The minimum absolute atomic E-state index is 0.0215. The van der Waals surface area contributed by atoms with E-state index in [1.165, 1.54) is 46.8 Å². The molecule has 1 heterocycles. The van der Waals surface area contributed by atoms with Gasteiger partial charge in [0.15, 0.2) is 0 Å². The predicted molar refractivity (Wildman–Crippen MR) is 98.4 cm³/mol. The third-order valence-electron chi connectivity index (χ3n) is 4.22. The fraction of sp³-hybridized carbons (Fsp3) is 0.278. The summed E-state index contributed by atoms with van der Waals surface area (Å²) in [6.07, 6.45) is 2.65. The Morgan fingerprint density at radius 1 is 1.08 bits per heavy atom. The highest BCUT2D eigenvalue weighted by Gasteiger charge is 2.27. The number of nitrogens with zero attached hydrogens (tertiary/aromatic N) is 1. The summed E-state index contributed by atoms with van der Waals surface area (Å²) in [6, 6.07) is 9.46. The molecule has 1 N–H and O–H groups in total. The summed E-state index contributed by atoms with van der Waals surface area (Å²) in [6.45, 7) is 0.936. The zero-order valence-corrected chi connectivity index (χ0v) is 15.5. The number of halogens is 2. The molecule has 0 unspecified atom stereocenters. The van der Waals surface area contributed by atoms with E-state index in [1.807, 2.05) is 0 Å². The third-order valence-corrected chi connectivity index (χ3v) is 6.44. The average molecular weight is 397 g/mol. The van der Waals surface area contributed by atoms with Crippen LogP contribution >= 0.6 is 11.6 Å². The largest absolute Gasteiger partial charge is 0.322 e. The maximum atomic E-state index is 13.3. The number of carbonyl (C=O) groups is 1. The summed E-state index contributed by atoms with van der Waals surface area (Å²) in [5.74, 6) is -1.09. The molecule has 0 radical (unpaired) electrons. The van der Waals surface area contributed by atoms with Gasteiger partial charge in [0.25, 0.3) is 5.91 Å². The molecule has 1 saturated heterocycles. The second-order valence-corrected chi connectivity index (χ2v) is 8.42. The highest BCUT2D eigenvalue weighted by atomic mass is 35.5. The van der Waals surface area contributed by atoms with Gasteiger partial charge >= 0.3 is 0 Å². The van der Waals surface area contributed by atoms with Crippen LogP contribution < -0.4 is 5.32 Å². The smallest absolute Gasteiger partial charge is 0.257 e. The number of nitrogens with one attached hydrogen (secondary N) is 1. The third kappa shape index (κ3) is 4.06. The van der Waals surface area contributed by atoms with E-state index in [2.05, 4.69) is 5.32 Å². The molecule has 0 aromatic heterocycles. The standard InChI is InChI=1S/C18H18ClFN2O3S/c19-17-8-7-15(26(24,25)22-9-2-1-3-10-22)12-16(17)18(23)21-14-6-4-5-13(20)11-14/h4-8,11-12H,1-3,9-10H2,(H,21,23). The number of carbonyl (C=O) groups excluding carboxylic acids is 1. The van der Waals surface area contributed by atoms with Crippen molar-refractivity contribution in [1.82, 2.24) is 4.31 Å². The molecule has 2 aromatic rings. The Hall–Kier alpha value is -1.96. The maximum absolute atomic E-state index is 13.3.